The van der Waals surface area contributed by atoms with E-state index >= 15 is 0 Å². The number of nitrogens with one attached hydrogen (secondary N) is 1. The number of halogens is 3. The lowest BCUT2D eigenvalue weighted by atomic mass is 9.74. The van der Waals surface area contributed by atoms with Crippen LogP contribution in [0.25, 0.3) is 28.0 Å². The molecule has 5 rings (SSSR count). The number of aryl methyl sites for hydroxylation is 1. The van der Waals surface area contributed by atoms with Gasteiger partial charge in [0.2, 0.25) is 0 Å². The molecule has 0 aliphatic heterocycles. The summed E-state index contributed by atoms with van der Waals surface area (Å²) >= 11 is 6.24. The van der Waals surface area contributed by atoms with Crippen molar-refractivity contribution in [3.05, 3.63) is 70.8 Å². The van der Waals surface area contributed by atoms with Gasteiger partial charge in [-0.05, 0) is 42.8 Å². The van der Waals surface area contributed by atoms with Crippen LogP contribution in [0.2, 0.25) is 5.15 Å². The number of rotatable bonds is 5. The second-order valence-electron chi connectivity index (χ2n) is 9.07. The maximum Gasteiger partial charge on any atom is 0.270 e. The van der Waals surface area contributed by atoms with E-state index in [1.807, 2.05) is 12.1 Å². The quantitative estimate of drug-likeness (QED) is 0.391. The highest BCUT2D eigenvalue weighted by molar-refractivity contribution is 6.29. The van der Waals surface area contributed by atoms with E-state index in [9.17, 15) is 18.8 Å². The molecular formula is C25H20ClF2N7O. The number of amides is 1. The fraction of sp³-hybridized carbons (Fsp3) is 0.240. The minimum Gasteiger partial charge on any atom is -0.349 e. The van der Waals surface area contributed by atoms with E-state index in [0.717, 1.165) is 0 Å². The van der Waals surface area contributed by atoms with E-state index in [2.05, 4.69) is 26.5 Å². The highest BCUT2D eigenvalue weighted by Gasteiger charge is 2.54. The molecule has 1 fully saturated rings. The maximum absolute atomic E-state index is 13.3. The van der Waals surface area contributed by atoms with E-state index in [4.69, 9.17) is 17.3 Å². The first kappa shape index (κ1) is 23.8. The van der Waals surface area contributed by atoms with Crippen LogP contribution in [-0.4, -0.2) is 43.5 Å². The molecule has 0 bridgehead atoms. The van der Waals surface area contributed by atoms with Gasteiger partial charge in [0.1, 0.15) is 16.5 Å². The number of hydrogen-bond acceptors (Lipinski definition) is 6. The van der Waals surface area contributed by atoms with Crippen molar-refractivity contribution in [2.75, 3.05) is 6.54 Å². The summed E-state index contributed by atoms with van der Waals surface area (Å²) in [6.07, 6.45) is 0.628. The van der Waals surface area contributed by atoms with Crippen LogP contribution in [0.15, 0.2) is 48.7 Å². The van der Waals surface area contributed by atoms with Crippen molar-refractivity contribution in [2.24, 2.45) is 5.73 Å². The van der Waals surface area contributed by atoms with E-state index in [1.54, 1.807) is 37.4 Å². The molecule has 8 nitrogen and oxygen atoms in total. The van der Waals surface area contributed by atoms with Crippen LogP contribution in [0.3, 0.4) is 0 Å². The molecule has 36 heavy (non-hydrogen) atoms. The molecule has 3 aromatic heterocycles. The van der Waals surface area contributed by atoms with Crippen LogP contribution in [0.1, 0.15) is 34.6 Å². The summed E-state index contributed by atoms with van der Waals surface area (Å²) in [5.74, 6) is -3.34. The van der Waals surface area contributed by atoms with Gasteiger partial charge in [0.05, 0.1) is 17.2 Å². The lowest BCUT2D eigenvalue weighted by Gasteiger charge is -2.44. The Hall–Kier alpha value is -3.94. The van der Waals surface area contributed by atoms with Gasteiger partial charge in [0.15, 0.2) is 5.65 Å². The Kier molecular flexibility index (Phi) is 5.70. The van der Waals surface area contributed by atoms with Gasteiger partial charge in [-0.3, -0.25) is 4.79 Å². The Labute approximate surface area is 209 Å². The lowest BCUT2D eigenvalue weighted by Crippen LogP contribution is -2.63. The maximum atomic E-state index is 13.3. The Morgan fingerprint density at radius 1 is 1.22 bits per heavy atom. The third kappa shape index (κ3) is 4.51. The minimum atomic E-state index is -2.80. The van der Waals surface area contributed by atoms with Gasteiger partial charge in [-0.15, -0.1) is 0 Å². The average Bonchev–Trinajstić information content (AvgIpc) is 3.19. The Balaban J connectivity index is 1.58. The van der Waals surface area contributed by atoms with Gasteiger partial charge >= 0.3 is 0 Å². The number of aromatic nitrogens is 4. The van der Waals surface area contributed by atoms with Crippen molar-refractivity contribution in [2.45, 2.75) is 31.2 Å². The molecular weight excluding hydrogens is 488 g/mol. The first-order chi connectivity index (χ1) is 17.1. The predicted octanol–water partition coefficient (Wildman–Crippen LogP) is 4.15. The number of carbonyl (C=O) groups excluding carboxylic acids is 1. The molecule has 0 atom stereocenters. The summed E-state index contributed by atoms with van der Waals surface area (Å²) in [5, 5.41) is 16.9. The number of nitriles is 1. The summed E-state index contributed by atoms with van der Waals surface area (Å²) in [6, 6.07) is 14.1. The Bertz CT molecular complexity index is 1530. The largest absolute Gasteiger partial charge is 0.349 e. The fourth-order valence-electron chi connectivity index (χ4n) is 4.48. The molecule has 3 N–H and O–H groups in total. The monoisotopic (exact) mass is 507 g/mol. The number of alkyl halides is 2. The first-order valence-corrected chi connectivity index (χ1v) is 11.4. The summed E-state index contributed by atoms with van der Waals surface area (Å²) in [5.41, 5.74) is 8.89. The third-order valence-corrected chi connectivity index (χ3v) is 6.21. The average molecular weight is 508 g/mol. The van der Waals surface area contributed by atoms with Gasteiger partial charge in [-0.2, -0.15) is 10.4 Å². The highest BCUT2D eigenvalue weighted by atomic mass is 35.5. The number of nitrogens with two attached hydrogens (primary N) is 1. The van der Waals surface area contributed by atoms with Crippen molar-refractivity contribution in [3.8, 4) is 28.5 Å². The predicted molar refractivity (Wildman–Crippen MR) is 130 cm³/mol. The first-order valence-electron chi connectivity index (χ1n) is 11.1. The summed E-state index contributed by atoms with van der Waals surface area (Å²) < 4.78 is 28.1. The zero-order chi connectivity index (χ0) is 25.7. The van der Waals surface area contributed by atoms with Crippen LogP contribution < -0.4 is 11.1 Å². The highest BCUT2D eigenvalue weighted by Crippen LogP contribution is 2.43. The SMILES string of the molecule is Cc1cc(-c2c(-c3cccc(C#N)c3)nn3ccc(C(=O)NCC4(N)CC(F)(F)C4)nc23)cc(Cl)n1. The number of hydrogen-bond donors (Lipinski definition) is 2. The summed E-state index contributed by atoms with van der Waals surface area (Å²) in [4.78, 5) is 21.6. The summed E-state index contributed by atoms with van der Waals surface area (Å²) in [6.45, 7) is 1.71. The van der Waals surface area contributed by atoms with Crippen LogP contribution in [0.5, 0.6) is 0 Å². The lowest BCUT2D eigenvalue weighted by molar-refractivity contribution is -0.120. The molecule has 1 aliphatic carbocycles. The van der Waals surface area contributed by atoms with Gasteiger partial charge < -0.3 is 11.1 Å². The van der Waals surface area contributed by atoms with E-state index in [-0.39, 0.29) is 17.4 Å². The van der Waals surface area contributed by atoms with Crippen LogP contribution in [-0.2, 0) is 0 Å². The van der Waals surface area contributed by atoms with Crippen molar-refractivity contribution in [1.29, 1.82) is 5.26 Å². The zero-order valence-corrected chi connectivity index (χ0v) is 19.9. The number of pyridine rings is 1. The molecule has 3 heterocycles. The van der Waals surface area contributed by atoms with Crippen LogP contribution in [0, 0.1) is 18.3 Å². The smallest absolute Gasteiger partial charge is 0.270 e. The molecule has 1 aliphatic rings. The molecule has 0 radical (unpaired) electrons. The van der Waals surface area contributed by atoms with Crippen LogP contribution in [0.4, 0.5) is 8.78 Å². The topological polar surface area (TPSA) is 122 Å². The molecule has 0 unspecified atom stereocenters. The third-order valence-electron chi connectivity index (χ3n) is 6.02. The fourth-order valence-corrected chi connectivity index (χ4v) is 4.73. The molecule has 4 aromatic rings. The van der Waals surface area contributed by atoms with Crippen molar-refractivity contribution in [3.63, 3.8) is 0 Å². The standard InChI is InChI=1S/C25H20ClF2N7O/c1-14-7-17(9-19(26)32-14)20-21(16-4-2-3-15(8-16)10-29)34-35-6-5-18(33-22(20)35)23(36)31-13-24(30)11-25(27,28)12-24/h2-9H,11-13,30H2,1H3,(H,31,36). The van der Waals surface area contributed by atoms with E-state index in [0.29, 0.717) is 39.3 Å². The van der Waals surface area contributed by atoms with Gasteiger partial charge in [-0.1, -0.05) is 23.7 Å². The van der Waals surface area contributed by atoms with Gasteiger partial charge in [-0.25, -0.2) is 23.3 Å². The molecule has 11 heteroatoms. The Morgan fingerprint density at radius 3 is 2.69 bits per heavy atom. The molecule has 1 saturated carbocycles. The second-order valence-corrected chi connectivity index (χ2v) is 9.46. The molecule has 1 aromatic carbocycles. The van der Waals surface area contributed by atoms with Gasteiger partial charge in [0, 0.05) is 42.4 Å². The molecule has 0 spiro atoms. The zero-order valence-electron chi connectivity index (χ0n) is 19.1. The molecule has 182 valence electrons. The van der Waals surface area contributed by atoms with E-state index in [1.165, 1.54) is 10.6 Å². The Morgan fingerprint density at radius 2 is 2.00 bits per heavy atom. The molecule has 1 amide bonds. The van der Waals surface area contributed by atoms with Crippen molar-refractivity contribution < 1.29 is 13.6 Å². The van der Waals surface area contributed by atoms with Crippen molar-refractivity contribution >= 4 is 23.2 Å². The number of carbonyl (C=O) groups is 1. The van der Waals surface area contributed by atoms with E-state index < -0.39 is 30.2 Å². The van der Waals surface area contributed by atoms with Crippen molar-refractivity contribution in [1.82, 2.24) is 24.9 Å². The minimum absolute atomic E-state index is 0.0764. The van der Waals surface area contributed by atoms with Crippen LogP contribution >= 0.6 is 11.6 Å². The van der Waals surface area contributed by atoms with Gasteiger partial charge in [0.25, 0.3) is 11.8 Å². The second kappa shape index (κ2) is 8.62. The number of nitrogens with zero attached hydrogens (tertiary/aromatic N) is 5. The number of fused-ring (bicyclic) bond motifs is 1. The summed E-state index contributed by atoms with van der Waals surface area (Å²) in [7, 11) is 0. The number of benzene rings is 1. The normalized spacial score (nSPS) is 15.8. The molecule has 0 saturated heterocycles.